The van der Waals surface area contributed by atoms with E-state index < -0.39 is 12.2 Å². The second kappa shape index (κ2) is 9.78. The molecular formula is C30H44O4. The molecule has 4 nitrogen and oxygen atoms in total. The fourth-order valence-corrected chi connectivity index (χ4v) is 7.78. The third-order valence-corrected chi connectivity index (χ3v) is 9.99. The summed E-state index contributed by atoms with van der Waals surface area (Å²) in [7, 11) is 0. The molecule has 3 aliphatic carbocycles. The van der Waals surface area contributed by atoms with Gasteiger partial charge in [0, 0.05) is 17.4 Å². The van der Waals surface area contributed by atoms with Crippen LogP contribution in [0, 0.1) is 35.0 Å². The summed E-state index contributed by atoms with van der Waals surface area (Å²) in [5.41, 5.74) is 4.16. The third kappa shape index (κ3) is 4.37. The fraction of sp³-hybridized carbons (Fsp3) is 0.700. The number of cyclic esters (lactones) is 1. The number of ether oxygens (including phenoxy) is 1. The standard InChI is InChI=1S/C30H44O4/c1-7-23-19(4)29(33)34-27(23)15-17(2)24-12-13-25-21(9-8-14-30(24,25)6)10-11-22-16-26(31)20(5)28(32)18(22)3/h10-11,17,20,23-28,31-32H,3-4,7-9,12-16H2,1-2,5-6H3/b21-10+,22-11-/t17-,20+,23+,24-,25+,26-,27-,28-,30-/m1/s1. The lowest BCUT2D eigenvalue weighted by atomic mass is 9.60. The molecule has 0 bridgehead atoms. The lowest BCUT2D eigenvalue weighted by Crippen LogP contribution is -2.37. The largest absolute Gasteiger partial charge is 0.458 e. The molecule has 4 rings (SSSR count). The van der Waals surface area contributed by atoms with E-state index in [0.717, 1.165) is 30.4 Å². The van der Waals surface area contributed by atoms with Gasteiger partial charge in [0.25, 0.3) is 0 Å². The van der Waals surface area contributed by atoms with Crippen molar-refractivity contribution in [1.82, 2.24) is 0 Å². The Morgan fingerprint density at radius 3 is 2.65 bits per heavy atom. The average molecular weight is 469 g/mol. The van der Waals surface area contributed by atoms with E-state index in [1.165, 1.54) is 31.3 Å². The Morgan fingerprint density at radius 2 is 1.94 bits per heavy atom. The van der Waals surface area contributed by atoms with Gasteiger partial charge in [-0.2, -0.15) is 0 Å². The number of carbonyl (C=O) groups is 1. The monoisotopic (exact) mass is 468 g/mol. The zero-order valence-corrected chi connectivity index (χ0v) is 21.6. The van der Waals surface area contributed by atoms with Gasteiger partial charge in [0.1, 0.15) is 6.10 Å². The quantitative estimate of drug-likeness (QED) is 0.389. The Morgan fingerprint density at radius 1 is 1.21 bits per heavy atom. The van der Waals surface area contributed by atoms with Crippen LogP contribution in [0.15, 0.2) is 47.6 Å². The predicted octanol–water partition coefficient (Wildman–Crippen LogP) is 5.91. The first-order valence-electron chi connectivity index (χ1n) is 13.4. The number of hydrogen-bond acceptors (Lipinski definition) is 4. The van der Waals surface area contributed by atoms with E-state index in [0.29, 0.717) is 29.7 Å². The summed E-state index contributed by atoms with van der Waals surface area (Å²) in [5.74, 6) is 1.47. The van der Waals surface area contributed by atoms with Crippen LogP contribution in [0.2, 0.25) is 0 Å². The van der Waals surface area contributed by atoms with E-state index in [2.05, 4.69) is 46.1 Å². The Balaban J connectivity index is 1.49. The molecule has 1 saturated heterocycles. The lowest BCUT2D eigenvalue weighted by Gasteiger charge is -2.45. The molecule has 1 heterocycles. The highest BCUT2D eigenvalue weighted by atomic mass is 16.6. The maximum atomic E-state index is 12.1. The molecule has 4 fully saturated rings. The van der Waals surface area contributed by atoms with Crippen LogP contribution in [0.1, 0.15) is 79.1 Å². The maximum absolute atomic E-state index is 12.1. The molecule has 0 spiro atoms. The molecule has 0 unspecified atom stereocenters. The van der Waals surface area contributed by atoms with Crippen LogP contribution in [0.5, 0.6) is 0 Å². The van der Waals surface area contributed by atoms with Crippen LogP contribution in [0.25, 0.3) is 0 Å². The van der Waals surface area contributed by atoms with E-state index in [1.807, 2.05) is 6.92 Å². The molecule has 0 aromatic heterocycles. The smallest absolute Gasteiger partial charge is 0.334 e. The maximum Gasteiger partial charge on any atom is 0.334 e. The number of fused-ring (bicyclic) bond motifs is 1. The summed E-state index contributed by atoms with van der Waals surface area (Å²) in [6, 6.07) is 0. The minimum Gasteiger partial charge on any atom is -0.458 e. The molecule has 188 valence electrons. The highest BCUT2D eigenvalue weighted by molar-refractivity contribution is 5.90. The molecule has 3 saturated carbocycles. The number of rotatable bonds is 5. The number of hydrogen-bond donors (Lipinski definition) is 2. The molecule has 9 atom stereocenters. The van der Waals surface area contributed by atoms with Crippen molar-refractivity contribution in [2.75, 3.05) is 0 Å². The summed E-state index contributed by atoms with van der Waals surface area (Å²) in [4.78, 5) is 12.1. The zero-order valence-electron chi connectivity index (χ0n) is 21.6. The van der Waals surface area contributed by atoms with Crippen molar-refractivity contribution < 1.29 is 19.7 Å². The van der Waals surface area contributed by atoms with E-state index >= 15 is 0 Å². The minimum atomic E-state index is -0.672. The van der Waals surface area contributed by atoms with E-state index in [1.54, 1.807) is 0 Å². The van der Waals surface area contributed by atoms with Crippen molar-refractivity contribution in [2.45, 2.75) is 97.4 Å². The zero-order chi connectivity index (χ0) is 24.8. The molecule has 4 aliphatic rings. The van der Waals surface area contributed by atoms with Gasteiger partial charge in [0.2, 0.25) is 0 Å². The molecule has 34 heavy (non-hydrogen) atoms. The molecule has 1 aliphatic heterocycles. The summed E-state index contributed by atoms with van der Waals surface area (Å²) >= 11 is 0. The van der Waals surface area contributed by atoms with Gasteiger partial charge in [-0.05, 0) is 85.7 Å². The van der Waals surface area contributed by atoms with Gasteiger partial charge in [-0.15, -0.1) is 0 Å². The second-order valence-electron chi connectivity index (χ2n) is 11.8. The molecule has 0 aromatic rings. The van der Waals surface area contributed by atoms with Gasteiger partial charge >= 0.3 is 5.97 Å². The Kier molecular flexibility index (Phi) is 7.32. The summed E-state index contributed by atoms with van der Waals surface area (Å²) in [5, 5.41) is 20.8. The minimum absolute atomic E-state index is 0.0245. The van der Waals surface area contributed by atoms with Crippen molar-refractivity contribution >= 4 is 5.97 Å². The van der Waals surface area contributed by atoms with Gasteiger partial charge in [-0.3, -0.25) is 0 Å². The van der Waals surface area contributed by atoms with Gasteiger partial charge < -0.3 is 14.9 Å². The van der Waals surface area contributed by atoms with E-state index in [-0.39, 0.29) is 29.3 Å². The van der Waals surface area contributed by atoms with Gasteiger partial charge in [0.15, 0.2) is 0 Å². The van der Waals surface area contributed by atoms with E-state index in [4.69, 9.17) is 4.74 Å². The number of esters is 1. The molecule has 0 amide bonds. The van der Waals surface area contributed by atoms with Gasteiger partial charge in [-0.25, -0.2) is 4.79 Å². The van der Waals surface area contributed by atoms with Gasteiger partial charge in [0.05, 0.1) is 12.2 Å². The first-order chi connectivity index (χ1) is 16.1. The van der Waals surface area contributed by atoms with Crippen LogP contribution >= 0.6 is 0 Å². The normalized spacial score (nSPS) is 43.9. The third-order valence-electron chi connectivity index (χ3n) is 9.99. The number of allylic oxidation sites excluding steroid dienone is 3. The van der Waals surface area contributed by atoms with Crippen LogP contribution in [0.3, 0.4) is 0 Å². The van der Waals surface area contributed by atoms with Gasteiger partial charge in [-0.1, -0.05) is 58.6 Å². The Labute approximate surface area is 205 Å². The topological polar surface area (TPSA) is 66.8 Å². The van der Waals surface area contributed by atoms with Crippen LogP contribution in [-0.2, 0) is 9.53 Å². The molecule has 2 N–H and O–H groups in total. The Bertz CT molecular complexity index is 897. The van der Waals surface area contributed by atoms with E-state index in [9.17, 15) is 15.0 Å². The van der Waals surface area contributed by atoms with Crippen molar-refractivity contribution in [3.05, 3.63) is 47.6 Å². The molecule has 0 aromatic carbocycles. The first kappa shape index (κ1) is 25.4. The van der Waals surface area contributed by atoms with Crippen molar-refractivity contribution in [3.8, 4) is 0 Å². The van der Waals surface area contributed by atoms with Crippen molar-refractivity contribution in [1.29, 1.82) is 0 Å². The Hall–Kier alpha value is -1.65. The molecule has 0 radical (unpaired) electrons. The number of aliphatic hydroxyl groups is 2. The van der Waals surface area contributed by atoms with Crippen LogP contribution < -0.4 is 0 Å². The average Bonchev–Trinajstić information content (AvgIpc) is 3.29. The molecule has 4 heteroatoms. The highest BCUT2D eigenvalue weighted by Crippen LogP contribution is 2.60. The summed E-state index contributed by atoms with van der Waals surface area (Å²) < 4.78 is 5.73. The first-order valence-corrected chi connectivity index (χ1v) is 13.4. The summed E-state index contributed by atoms with van der Waals surface area (Å²) in [6.45, 7) is 16.9. The number of carbonyl (C=O) groups excluding carboxylic acids is 1. The SMILES string of the molecule is C=C1/C(=C\C=C2/CCC[C@]3(C)[C@@H]([C@H](C)C[C@H]4OC(=O)C(=C)[C@@H]4CC)CC[C@@H]23)C[C@@H](O)[C@H](C)[C@@H]1O. The van der Waals surface area contributed by atoms with Crippen molar-refractivity contribution in [3.63, 3.8) is 0 Å². The van der Waals surface area contributed by atoms with Crippen molar-refractivity contribution in [2.24, 2.45) is 35.0 Å². The van der Waals surface area contributed by atoms with Crippen LogP contribution in [0.4, 0.5) is 0 Å². The summed E-state index contributed by atoms with van der Waals surface area (Å²) in [6.07, 6.45) is 11.6. The fourth-order valence-electron chi connectivity index (χ4n) is 7.78. The number of aliphatic hydroxyl groups excluding tert-OH is 2. The lowest BCUT2D eigenvalue weighted by molar-refractivity contribution is -0.140. The van der Waals surface area contributed by atoms with Crippen LogP contribution in [-0.4, -0.2) is 34.5 Å². The molecular weight excluding hydrogens is 424 g/mol. The highest BCUT2D eigenvalue weighted by Gasteiger charge is 2.51. The second-order valence-corrected chi connectivity index (χ2v) is 11.8. The predicted molar refractivity (Wildman–Crippen MR) is 136 cm³/mol.